The third-order valence-corrected chi connectivity index (χ3v) is 5.73. The molecule has 2 aliphatic rings. The van der Waals surface area contributed by atoms with Gasteiger partial charge in [0, 0.05) is 31.6 Å². The van der Waals surface area contributed by atoms with Crippen LogP contribution in [0.4, 0.5) is 0 Å². The minimum Gasteiger partial charge on any atom is -0.195 e. The van der Waals surface area contributed by atoms with Crippen LogP contribution in [0.1, 0.15) is 32.6 Å². The van der Waals surface area contributed by atoms with E-state index in [9.17, 15) is 8.42 Å². The van der Waals surface area contributed by atoms with Gasteiger partial charge in [-0.25, -0.2) is 0 Å². The van der Waals surface area contributed by atoms with Crippen LogP contribution in [0, 0.1) is 5.92 Å². The van der Waals surface area contributed by atoms with E-state index in [-0.39, 0.29) is 6.04 Å². The molecule has 1 saturated carbocycles. The Morgan fingerprint density at radius 3 is 2.59 bits per heavy atom. The molecule has 17 heavy (non-hydrogen) atoms. The molecule has 1 aliphatic carbocycles. The number of nitrogens with zero attached hydrogens (tertiary/aromatic N) is 2. The molecule has 0 aromatic rings. The first-order chi connectivity index (χ1) is 8.05. The third-order valence-electron chi connectivity index (χ3n) is 3.50. The van der Waals surface area contributed by atoms with Crippen molar-refractivity contribution in [1.82, 2.24) is 8.61 Å². The van der Waals surface area contributed by atoms with E-state index in [1.54, 1.807) is 8.61 Å². The maximum Gasteiger partial charge on any atom is 0.282 e. The molecular formula is C11H21ClN2O2S. The highest BCUT2D eigenvalue weighted by atomic mass is 35.5. The fourth-order valence-corrected chi connectivity index (χ4v) is 4.73. The van der Waals surface area contributed by atoms with Crippen molar-refractivity contribution < 1.29 is 8.42 Å². The topological polar surface area (TPSA) is 40.6 Å². The summed E-state index contributed by atoms with van der Waals surface area (Å²) in [5, 5.41) is 0. The molecule has 0 aromatic heterocycles. The van der Waals surface area contributed by atoms with Crippen LogP contribution in [-0.4, -0.2) is 48.6 Å². The molecule has 1 aliphatic heterocycles. The molecule has 1 unspecified atom stereocenters. The van der Waals surface area contributed by atoms with Crippen molar-refractivity contribution in [2.75, 3.05) is 25.5 Å². The van der Waals surface area contributed by atoms with Gasteiger partial charge in [0.05, 0.1) is 0 Å². The molecule has 1 heterocycles. The molecule has 2 fully saturated rings. The van der Waals surface area contributed by atoms with E-state index in [0.717, 1.165) is 25.7 Å². The average molecular weight is 281 g/mol. The lowest BCUT2D eigenvalue weighted by molar-refractivity contribution is 0.257. The van der Waals surface area contributed by atoms with Gasteiger partial charge in [0.25, 0.3) is 10.2 Å². The van der Waals surface area contributed by atoms with Gasteiger partial charge in [-0.1, -0.05) is 6.92 Å². The van der Waals surface area contributed by atoms with Crippen molar-refractivity contribution >= 4 is 21.8 Å². The Morgan fingerprint density at radius 2 is 2.06 bits per heavy atom. The van der Waals surface area contributed by atoms with Crippen LogP contribution in [0.5, 0.6) is 0 Å². The Morgan fingerprint density at radius 1 is 1.35 bits per heavy atom. The molecule has 0 aromatic carbocycles. The lowest BCUT2D eigenvalue weighted by atomic mass is 10.0. The fraction of sp³-hybridized carbons (Fsp3) is 1.00. The van der Waals surface area contributed by atoms with E-state index in [1.807, 2.05) is 0 Å². The third kappa shape index (κ3) is 3.13. The second kappa shape index (κ2) is 5.43. The van der Waals surface area contributed by atoms with E-state index in [1.165, 1.54) is 0 Å². The van der Waals surface area contributed by atoms with Crippen LogP contribution < -0.4 is 0 Å². The quantitative estimate of drug-likeness (QED) is 0.719. The van der Waals surface area contributed by atoms with E-state index in [2.05, 4.69) is 6.92 Å². The van der Waals surface area contributed by atoms with Gasteiger partial charge in [-0.15, -0.1) is 11.6 Å². The number of rotatable bonds is 5. The zero-order valence-corrected chi connectivity index (χ0v) is 11.9. The standard InChI is InChI=1S/C11H21ClN2O2S/c1-10-3-2-7-13(9-10)17(15,16)14(8-6-12)11-4-5-11/h10-11H,2-9H2,1H3. The predicted molar refractivity (Wildman–Crippen MR) is 69.3 cm³/mol. The molecule has 0 radical (unpaired) electrons. The molecular weight excluding hydrogens is 260 g/mol. The van der Waals surface area contributed by atoms with Gasteiger partial charge in [-0.05, 0) is 31.6 Å². The average Bonchev–Trinajstić information content (AvgIpc) is 3.09. The van der Waals surface area contributed by atoms with Crippen molar-refractivity contribution in [2.24, 2.45) is 5.92 Å². The SMILES string of the molecule is CC1CCCN(S(=O)(=O)N(CCCl)C2CC2)C1. The van der Waals surface area contributed by atoms with Gasteiger partial charge in [-0.2, -0.15) is 17.0 Å². The monoisotopic (exact) mass is 280 g/mol. The first-order valence-corrected chi connectivity index (χ1v) is 8.31. The van der Waals surface area contributed by atoms with Crippen molar-refractivity contribution in [3.63, 3.8) is 0 Å². The van der Waals surface area contributed by atoms with E-state index in [4.69, 9.17) is 11.6 Å². The first-order valence-electron chi connectivity index (χ1n) is 6.38. The molecule has 100 valence electrons. The summed E-state index contributed by atoms with van der Waals surface area (Å²) in [4.78, 5) is 0. The number of piperidine rings is 1. The normalized spacial score (nSPS) is 27.6. The van der Waals surface area contributed by atoms with Crippen LogP contribution in [-0.2, 0) is 10.2 Å². The van der Waals surface area contributed by atoms with Crippen LogP contribution in [0.3, 0.4) is 0 Å². The molecule has 4 nitrogen and oxygen atoms in total. The summed E-state index contributed by atoms with van der Waals surface area (Å²) in [7, 11) is -3.27. The first kappa shape index (κ1) is 13.6. The predicted octanol–water partition coefficient (Wildman–Crippen LogP) is 1.67. The van der Waals surface area contributed by atoms with Gasteiger partial charge in [0.2, 0.25) is 0 Å². The summed E-state index contributed by atoms with van der Waals surface area (Å²) in [6.45, 7) is 3.89. The number of hydrogen-bond donors (Lipinski definition) is 0. The van der Waals surface area contributed by atoms with Crippen LogP contribution >= 0.6 is 11.6 Å². The van der Waals surface area contributed by atoms with Crippen LogP contribution in [0.15, 0.2) is 0 Å². The van der Waals surface area contributed by atoms with E-state index >= 15 is 0 Å². The second-order valence-corrected chi connectivity index (χ2v) is 7.40. The highest BCUT2D eigenvalue weighted by molar-refractivity contribution is 7.86. The maximum atomic E-state index is 12.5. The largest absolute Gasteiger partial charge is 0.282 e. The number of hydrogen-bond acceptors (Lipinski definition) is 2. The van der Waals surface area contributed by atoms with Crippen molar-refractivity contribution in [3.05, 3.63) is 0 Å². The molecule has 0 amide bonds. The Balaban J connectivity index is 2.09. The minimum atomic E-state index is -3.27. The Labute approximate surface area is 109 Å². The van der Waals surface area contributed by atoms with E-state index < -0.39 is 10.2 Å². The molecule has 1 saturated heterocycles. The minimum absolute atomic E-state index is 0.205. The maximum absolute atomic E-state index is 12.5. The second-order valence-electron chi connectivity index (χ2n) is 5.14. The smallest absolute Gasteiger partial charge is 0.195 e. The molecule has 1 atom stereocenters. The fourth-order valence-electron chi connectivity index (χ4n) is 2.44. The molecule has 0 spiro atoms. The van der Waals surface area contributed by atoms with Gasteiger partial charge in [0.1, 0.15) is 0 Å². The van der Waals surface area contributed by atoms with Crippen molar-refractivity contribution in [2.45, 2.75) is 38.6 Å². The Kier molecular flexibility index (Phi) is 4.34. The van der Waals surface area contributed by atoms with Gasteiger partial charge in [0.15, 0.2) is 0 Å². The van der Waals surface area contributed by atoms with Crippen LogP contribution in [0.25, 0.3) is 0 Å². The molecule has 2 rings (SSSR count). The summed E-state index contributed by atoms with van der Waals surface area (Å²) in [6, 6.07) is 0.205. The highest BCUT2D eigenvalue weighted by Crippen LogP contribution is 2.31. The Bertz CT molecular complexity index is 356. The summed E-state index contributed by atoms with van der Waals surface area (Å²) >= 11 is 5.72. The summed E-state index contributed by atoms with van der Waals surface area (Å²) in [6.07, 6.45) is 4.07. The lowest BCUT2D eigenvalue weighted by Gasteiger charge is -2.34. The lowest BCUT2D eigenvalue weighted by Crippen LogP contribution is -2.49. The summed E-state index contributed by atoms with van der Waals surface area (Å²) in [5.41, 5.74) is 0. The molecule has 0 bridgehead atoms. The van der Waals surface area contributed by atoms with Crippen molar-refractivity contribution in [3.8, 4) is 0 Å². The van der Waals surface area contributed by atoms with Gasteiger partial charge >= 0.3 is 0 Å². The zero-order valence-electron chi connectivity index (χ0n) is 10.3. The van der Waals surface area contributed by atoms with Crippen molar-refractivity contribution in [1.29, 1.82) is 0 Å². The Hall–Kier alpha value is 0.160. The molecule has 0 N–H and O–H groups in total. The zero-order chi connectivity index (χ0) is 12.5. The van der Waals surface area contributed by atoms with Crippen LogP contribution in [0.2, 0.25) is 0 Å². The van der Waals surface area contributed by atoms with Gasteiger partial charge < -0.3 is 0 Å². The molecule has 6 heteroatoms. The van der Waals surface area contributed by atoms with E-state index in [0.29, 0.717) is 31.4 Å². The number of halogens is 1. The number of alkyl halides is 1. The highest BCUT2D eigenvalue weighted by Gasteiger charge is 2.40. The van der Waals surface area contributed by atoms with Gasteiger partial charge in [-0.3, -0.25) is 0 Å². The summed E-state index contributed by atoms with van der Waals surface area (Å²) < 4.78 is 28.2. The summed E-state index contributed by atoms with van der Waals surface area (Å²) in [5.74, 6) is 0.842.